The number of hydrogen-bond donors (Lipinski definition) is 1. The lowest BCUT2D eigenvalue weighted by molar-refractivity contribution is 0.442. The standard InChI is InChI=1S/C15H23BrFN/c1-10(2)7-13(8-11(3)4)18-12-5-6-14(16)15(17)9-12/h5-6,9-11,13,18H,7-8H2,1-4H3. The van der Waals surface area contributed by atoms with Crippen LogP contribution in [0.5, 0.6) is 0 Å². The van der Waals surface area contributed by atoms with E-state index in [9.17, 15) is 4.39 Å². The molecular formula is C15H23BrFN. The number of benzene rings is 1. The fraction of sp³-hybridized carbons (Fsp3) is 0.600. The molecule has 18 heavy (non-hydrogen) atoms. The second kappa shape index (κ2) is 7.13. The second-order valence-corrected chi connectivity index (χ2v) is 6.58. The molecule has 1 aromatic rings. The molecule has 0 saturated carbocycles. The Labute approximate surface area is 118 Å². The van der Waals surface area contributed by atoms with Crippen molar-refractivity contribution in [2.45, 2.75) is 46.6 Å². The highest BCUT2D eigenvalue weighted by atomic mass is 79.9. The molecule has 1 nitrogen and oxygen atoms in total. The SMILES string of the molecule is CC(C)CC(CC(C)C)Nc1ccc(Br)c(F)c1. The van der Waals surface area contributed by atoms with Crippen molar-refractivity contribution in [3.05, 3.63) is 28.5 Å². The van der Waals surface area contributed by atoms with Gasteiger partial charge in [-0.1, -0.05) is 27.7 Å². The highest BCUT2D eigenvalue weighted by Crippen LogP contribution is 2.23. The zero-order valence-electron chi connectivity index (χ0n) is 11.6. The summed E-state index contributed by atoms with van der Waals surface area (Å²) in [6.07, 6.45) is 2.21. The van der Waals surface area contributed by atoms with E-state index in [4.69, 9.17) is 0 Å². The smallest absolute Gasteiger partial charge is 0.139 e. The van der Waals surface area contributed by atoms with Crippen LogP contribution in [0.4, 0.5) is 10.1 Å². The lowest BCUT2D eigenvalue weighted by Gasteiger charge is -2.23. The van der Waals surface area contributed by atoms with Gasteiger partial charge < -0.3 is 5.32 Å². The van der Waals surface area contributed by atoms with E-state index in [0.29, 0.717) is 22.4 Å². The maximum absolute atomic E-state index is 13.5. The Bertz CT molecular complexity index is 367. The number of anilines is 1. The highest BCUT2D eigenvalue weighted by Gasteiger charge is 2.13. The molecule has 0 fully saturated rings. The summed E-state index contributed by atoms with van der Waals surface area (Å²) in [6.45, 7) is 8.88. The zero-order valence-corrected chi connectivity index (χ0v) is 13.2. The predicted molar refractivity (Wildman–Crippen MR) is 80.4 cm³/mol. The van der Waals surface area contributed by atoms with Crippen LogP contribution < -0.4 is 5.32 Å². The summed E-state index contributed by atoms with van der Waals surface area (Å²) in [5.74, 6) is 1.07. The Morgan fingerprint density at radius 2 is 1.67 bits per heavy atom. The van der Waals surface area contributed by atoms with Crippen LogP contribution in [0.1, 0.15) is 40.5 Å². The number of rotatable bonds is 6. The highest BCUT2D eigenvalue weighted by molar-refractivity contribution is 9.10. The third-order valence-electron chi connectivity index (χ3n) is 2.80. The Morgan fingerprint density at radius 1 is 1.11 bits per heavy atom. The van der Waals surface area contributed by atoms with Crippen LogP contribution in [0.2, 0.25) is 0 Å². The summed E-state index contributed by atoms with van der Waals surface area (Å²) in [6, 6.07) is 5.63. The van der Waals surface area contributed by atoms with Crippen molar-refractivity contribution >= 4 is 21.6 Å². The van der Waals surface area contributed by atoms with Gasteiger partial charge >= 0.3 is 0 Å². The van der Waals surface area contributed by atoms with Crippen molar-refractivity contribution in [3.63, 3.8) is 0 Å². The van der Waals surface area contributed by atoms with Gasteiger partial charge in [-0.2, -0.15) is 0 Å². The number of hydrogen-bond acceptors (Lipinski definition) is 1. The van der Waals surface area contributed by atoms with E-state index < -0.39 is 0 Å². The maximum atomic E-state index is 13.5. The van der Waals surface area contributed by atoms with Crippen LogP contribution in [0, 0.1) is 17.7 Å². The molecule has 0 aromatic heterocycles. The first-order valence-electron chi connectivity index (χ1n) is 6.60. The summed E-state index contributed by atoms with van der Waals surface area (Å²) >= 11 is 3.17. The molecule has 0 unspecified atom stereocenters. The van der Waals surface area contributed by atoms with E-state index in [1.807, 2.05) is 6.07 Å². The molecule has 0 amide bonds. The van der Waals surface area contributed by atoms with Crippen LogP contribution in [0.15, 0.2) is 22.7 Å². The molecule has 3 heteroatoms. The van der Waals surface area contributed by atoms with E-state index >= 15 is 0 Å². The normalized spacial score (nSPS) is 11.6. The lowest BCUT2D eigenvalue weighted by atomic mass is 9.95. The predicted octanol–water partition coefficient (Wildman–Crippen LogP) is 5.46. The lowest BCUT2D eigenvalue weighted by Crippen LogP contribution is -2.23. The molecule has 0 heterocycles. The molecular weight excluding hydrogens is 293 g/mol. The van der Waals surface area contributed by atoms with E-state index in [-0.39, 0.29) is 5.82 Å². The van der Waals surface area contributed by atoms with Crippen LogP contribution in [0.25, 0.3) is 0 Å². The summed E-state index contributed by atoms with van der Waals surface area (Å²) in [7, 11) is 0. The molecule has 0 atom stereocenters. The average Bonchev–Trinajstić information content (AvgIpc) is 2.21. The van der Waals surface area contributed by atoms with E-state index in [0.717, 1.165) is 18.5 Å². The van der Waals surface area contributed by atoms with Crippen molar-refractivity contribution in [2.24, 2.45) is 11.8 Å². The van der Waals surface area contributed by atoms with Gasteiger partial charge in [0.05, 0.1) is 4.47 Å². The largest absolute Gasteiger partial charge is 0.382 e. The molecule has 0 spiro atoms. The van der Waals surface area contributed by atoms with E-state index in [1.54, 1.807) is 12.1 Å². The van der Waals surface area contributed by atoms with Crippen molar-refractivity contribution in [1.82, 2.24) is 0 Å². The van der Waals surface area contributed by atoms with Crippen LogP contribution in [-0.4, -0.2) is 6.04 Å². The van der Waals surface area contributed by atoms with Crippen molar-refractivity contribution in [2.75, 3.05) is 5.32 Å². The monoisotopic (exact) mass is 315 g/mol. The van der Waals surface area contributed by atoms with Gasteiger partial charge in [0.25, 0.3) is 0 Å². The summed E-state index contributed by atoms with van der Waals surface area (Å²) in [5, 5.41) is 3.45. The van der Waals surface area contributed by atoms with Gasteiger partial charge in [0, 0.05) is 11.7 Å². The maximum Gasteiger partial charge on any atom is 0.139 e. The quantitative estimate of drug-likeness (QED) is 0.734. The summed E-state index contributed by atoms with van der Waals surface area (Å²) < 4.78 is 14.0. The van der Waals surface area contributed by atoms with Crippen LogP contribution in [-0.2, 0) is 0 Å². The van der Waals surface area contributed by atoms with Gasteiger partial charge in [-0.25, -0.2) is 4.39 Å². The van der Waals surface area contributed by atoms with Crippen molar-refractivity contribution in [1.29, 1.82) is 0 Å². The molecule has 0 aliphatic heterocycles. The fourth-order valence-electron chi connectivity index (χ4n) is 2.17. The van der Waals surface area contributed by atoms with Gasteiger partial charge in [-0.05, 0) is 58.8 Å². The molecule has 102 valence electrons. The third kappa shape index (κ3) is 5.38. The first kappa shape index (κ1) is 15.5. The first-order valence-corrected chi connectivity index (χ1v) is 7.39. The van der Waals surface area contributed by atoms with Crippen molar-refractivity contribution < 1.29 is 4.39 Å². The van der Waals surface area contributed by atoms with E-state index in [1.165, 1.54) is 0 Å². The molecule has 1 rings (SSSR count). The molecule has 1 N–H and O–H groups in total. The minimum Gasteiger partial charge on any atom is -0.382 e. The minimum atomic E-state index is -0.215. The Kier molecular flexibility index (Phi) is 6.13. The second-order valence-electron chi connectivity index (χ2n) is 5.73. The Morgan fingerprint density at radius 3 is 2.11 bits per heavy atom. The van der Waals surface area contributed by atoms with Crippen LogP contribution >= 0.6 is 15.9 Å². The van der Waals surface area contributed by atoms with Gasteiger partial charge in [0.1, 0.15) is 5.82 Å². The molecule has 0 aliphatic rings. The van der Waals surface area contributed by atoms with Crippen molar-refractivity contribution in [3.8, 4) is 0 Å². The van der Waals surface area contributed by atoms with Gasteiger partial charge in [-0.15, -0.1) is 0 Å². The van der Waals surface area contributed by atoms with Gasteiger partial charge in [0.2, 0.25) is 0 Å². The third-order valence-corrected chi connectivity index (χ3v) is 3.45. The zero-order chi connectivity index (χ0) is 13.7. The first-order chi connectivity index (χ1) is 8.38. The van der Waals surface area contributed by atoms with Crippen LogP contribution in [0.3, 0.4) is 0 Å². The van der Waals surface area contributed by atoms with Gasteiger partial charge in [-0.3, -0.25) is 0 Å². The Hall–Kier alpha value is -0.570. The molecule has 0 aliphatic carbocycles. The minimum absolute atomic E-state index is 0.215. The number of halogens is 2. The molecule has 0 radical (unpaired) electrons. The fourth-order valence-corrected chi connectivity index (χ4v) is 2.42. The summed E-state index contributed by atoms with van der Waals surface area (Å²) in [4.78, 5) is 0. The topological polar surface area (TPSA) is 12.0 Å². The molecule has 0 saturated heterocycles. The number of nitrogens with one attached hydrogen (secondary N) is 1. The molecule has 1 aromatic carbocycles. The molecule has 0 bridgehead atoms. The average molecular weight is 316 g/mol. The summed E-state index contributed by atoms with van der Waals surface area (Å²) in [5.41, 5.74) is 0.863. The Balaban J connectivity index is 2.71. The van der Waals surface area contributed by atoms with Gasteiger partial charge in [0.15, 0.2) is 0 Å². The van der Waals surface area contributed by atoms with E-state index in [2.05, 4.69) is 48.9 Å².